The lowest BCUT2D eigenvalue weighted by Crippen LogP contribution is -2.31. The van der Waals surface area contributed by atoms with Gasteiger partial charge < -0.3 is 9.64 Å². The van der Waals surface area contributed by atoms with E-state index < -0.39 is 0 Å². The van der Waals surface area contributed by atoms with Crippen LogP contribution in [0.1, 0.15) is 32.8 Å². The molecule has 1 aromatic rings. The van der Waals surface area contributed by atoms with Crippen LogP contribution in [0, 0.1) is 11.3 Å². The number of carbonyl (C=O) groups excluding carboxylic acids is 1. The quantitative estimate of drug-likeness (QED) is 0.808. The molecule has 0 heterocycles. The molecule has 0 saturated heterocycles. The second-order valence-electron chi connectivity index (χ2n) is 4.58. The second kappa shape index (κ2) is 7.88. The summed E-state index contributed by atoms with van der Waals surface area (Å²) in [4.78, 5) is 13.8. The highest BCUT2D eigenvalue weighted by Gasteiger charge is 2.15. The maximum Gasteiger partial charge on any atom is 0.229 e. The summed E-state index contributed by atoms with van der Waals surface area (Å²) in [5, 5.41) is 9.21. The van der Waals surface area contributed by atoms with Crippen molar-refractivity contribution in [3.8, 4) is 6.07 Å². The van der Waals surface area contributed by atoms with Crippen molar-refractivity contribution in [3.63, 3.8) is 0 Å². The molecule has 0 unspecified atom stereocenters. The Morgan fingerprint density at radius 1 is 1.50 bits per heavy atom. The Hall–Kier alpha value is -1.57. The van der Waals surface area contributed by atoms with Crippen LogP contribution >= 0.6 is 11.6 Å². The highest BCUT2D eigenvalue weighted by molar-refractivity contribution is 6.32. The van der Waals surface area contributed by atoms with Gasteiger partial charge in [0.15, 0.2) is 0 Å². The number of nitrogens with zero attached hydrogens (tertiary/aromatic N) is 2. The standard InChI is InChI=1S/C15H19ClN2O2/c1-4-18(15(19)7-8-20-11(2)3)13-6-5-12(10-17)14(16)9-13/h5-6,9,11H,4,7-8H2,1-3H3. The zero-order valence-electron chi connectivity index (χ0n) is 12.0. The Labute approximate surface area is 124 Å². The van der Waals surface area contributed by atoms with E-state index in [0.29, 0.717) is 35.8 Å². The fourth-order valence-electron chi connectivity index (χ4n) is 1.78. The van der Waals surface area contributed by atoms with Crippen molar-refractivity contribution in [2.45, 2.75) is 33.3 Å². The van der Waals surface area contributed by atoms with Crippen molar-refractivity contribution in [1.29, 1.82) is 5.26 Å². The molecule has 0 saturated carbocycles. The summed E-state index contributed by atoms with van der Waals surface area (Å²) in [6.45, 7) is 6.71. The molecule has 4 nitrogen and oxygen atoms in total. The van der Waals surface area contributed by atoms with Gasteiger partial charge in [-0.05, 0) is 39.0 Å². The molecule has 0 aromatic heterocycles. The molecule has 0 aliphatic carbocycles. The Morgan fingerprint density at radius 3 is 2.70 bits per heavy atom. The third-order valence-electron chi connectivity index (χ3n) is 2.77. The lowest BCUT2D eigenvalue weighted by atomic mass is 10.2. The number of rotatable bonds is 6. The molecule has 0 radical (unpaired) electrons. The van der Waals surface area contributed by atoms with Crippen molar-refractivity contribution < 1.29 is 9.53 Å². The number of halogens is 1. The first-order valence-electron chi connectivity index (χ1n) is 6.61. The van der Waals surface area contributed by atoms with Gasteiger partial charge in [0.25, 0.3) is 0 Å². The van der Waals surface area contributed by atoms with Crippen molar-refractivity contribution in [2.75, 3.05) is 18.1 Å². The van der Waals surface area contributed by atoms with Crippen molar-refractivity contribution in [3.05, 3.63) is 28.8 Å². The van der Waals surface area contributed by atoms with E-state index in [9.17, 15) is 4.79 Å². The number of anilines is 1. The van der Waals surface area contributed by atoms with Crippen LogP contribution in [0.15, 0.2) is 18.2 Å². The molecule has 108 valence electrons. The first-order valence-corrected chi connectivity index (χ1v) is 6.99. The summed E-state index contributed by atoms with van der Waals surface area (Å²) in [5.41, 5.74) is 1.10. The highest BCUT2D eigenvalue weighted by Crippen LogP contribution is 2.23. The van der Waals surface area contributed by atoms with Crippen LogP contribution in [0.2, 0.25) is 5.02 Å². The van der Waals surface area contributed by atoms with Gasteiger partial charge in [-0.25, -0.2) is 0 Å². The molecule has 5 heteroatoms. The first kappa shape index (κ1) is 16.5. The van der Waals surface area contributed by atoms with Crippen LogP contribution in [0.4, 0.5) is 5.69 Å². The maximum absolute atomic E-state index is 12.2. The number of ether oxygens (including phenoxy) is 1. The van der Waals surface area contributed by atoms with E-state index in [2.05, 4.69) is 0 Å². The van der Waals surface area contributed by atoms with Gasteiger partial charge in [0.05, 0.1) is 29.7 Å². The predicted molar refractivity (Wildman–Crippen MR) is 79.9 cm³/mol. The summed E-state index contributed by atoms with van der Waals surface area (Å²) in [6.07, 6.45) is 0.436. The molecule has 0 fully saturated rings. The van der Waals surface area contributed by atoms with Crippen LogP contribution in [0.5, 0.6) is 0 Å². The van der Waals surface area contributed by atoms with Crippen LogP contribution in [-0.2, 0) is 9.53 Å². The predicted octanol–water partition coefficient (Wildman–Crippen LogP) is 3.38. The molecule has 1 amide bonds. The van der Waals surface area contributed by atoms with Crippen molar-refractivity contribution >= 4 is 23.2 Å². The summed E-state index contributed by atoms with van der Waals surface area (Å²) in [6, 6.07) is 7.00. The SMILES string of the molecule is CCN(C(=O)CCOC(C)C)c1ccc(C#N)c(Cl)c1. The highest BCUT2D eigenvalue weighted by atomic mass is 35.5. The van der Waals surface area contributed by atoms with E-state index >= 15 is 0 Å². The molecular weight excluding hydrogens is 276 g/mol. The number of carbonyl (C=O) groups is 1. The summed E-state index contributed by atoms with van der Waals surface area (Å²) in [7, 11) is 0. The molecule has 0 atom stereocenters. The van der Waals surface area contributed by atoms with Crippen LogP contribution in [-0.4, -0.2) is 25.2 Å². The second-order valence-corrected chi connectivity index (χ2v) is 4.99. The van der Waals surface area contributed by atoms with Gasteiger partial charge in [-0.3, -0.25) is 4.79 Å². The molecule has 0 aliphatic rings. The Kier molecular flexibility index (Phi) is 6.50. The van der Waals surface area contributed by atoms with Gasteiger partial charge in [0.2, 0.25) is 5.91 Å². The van der Waals surface area contributed by atoms with E-state index in [-0.39, 0.29) is 12.0 Å². The lowest BCUT2D eigenvalue weighted by Gasteiger charge is -2.21. The number of benzene rings is 1. The Morgan fingerprint density at radius 2 is 2.20 bits per heavy atom. The van der Waals surface area contributed by atoms with Gasteiger partial charge >= 0.3 is 0 Å². The zero-order chi connectivity index (χ0) is 15.1. The average Bonchev–Trinajstić information content (AvgIpc) is 2.39. The molecule has 0 spiro atoms. The third kappa shape index (κ3) is 4.52. The zero-order valence-corrected chi connectivity index (χ0v) is 12.8. The Balaban J connectivity index is 2.77. The summed E-state index contributed by atoms with van der Waals surface area (Å²) in [5.74, 6) is -0.0195. The molecule has 0 bridgehead atoms. The third-order valence-corrected chi connectivity index (χ3v) is 3.08. The van der Waals surface area contributed by atoms with E-state index in [4.69, 9.17) is 21.6 Å². The minimum absolute atomic E-state index is 0.0195. The van der Waals surface area contributed by atoms with Crippen LogP contribution in [0.25, 0.3) is 0 Å². The molecule has 0 N–H and O–H groups in total. The van der Waals surface area contributed by atoms with E-state index in [1.165, 1.54) is 0 Å². The minimum Gasteiger partial charge on any atom is -0.378 e. The van der Waals surface area contributed by atoms with Gasteiger partial charge in [-0.15, -0.1) is 0 Å². The van der Waals surface area contributed by atoms with Crippen molar-refractivity contribution in [2.24, 2.45) is 0 Å². The fourth-order valence-corrected chi connectivity index (χ4v) is 2.00. The smallest absolute Gasteiger partial charge is 0.229 e. The van der Waals surface area contributed by atoms with Gasteiger partial charge in [-0.2, -0.15) is 5.26 Å². The normalized spacial score (nSPS) is 10.4. The first-order chi connectivity index (χ1) is 9.49. The van der Waals surface area contributed by atoms with Gasteiger partial charge in [-0.1, -0.05) is 11.6 Å². The number of hydrogen-bond acceptors (Lipinski definition) is 3. The number of hydrogen-bond donors (Lipinski definition) is 0. The minimum atomic E-state index is -0.0195. The lowest BCUT2D eigenvalue weighted by molar-refractivity contribution is -0.119. The average molecular weight is 295 g/mol. The summed E-state index contributed by atoms with van der Waals surface area (Å²) < 4.78 is 5.39. The largest absolute Gasteiger partial charge is 0.378 e. The van der Waals surface area contributed by atoms with E-state index in [1.807, 2.05) is 26.8 Å². The molecular formula is C15H19ClN2O2. The number of amides is 1. The number of nitriles is 1. The van der Waals surface area contributed by atoms with Gasteiger partial charge in [0, 0.05) is 12.2 Å². The van der Waals surface area contributed by atoms with E-state index in [1.54, 1.807) is 23.1 Å². The van der Waals surface area contributed by atoms with Crippen LogP contribution in [0.3, 0.4) is 0 Å². The van der Waals surface area contributed by atoms with Crippen LogP contribution < -0.4 is 4.90 Å². The van der Waals surface area contributed by atoms with Crippen molar-refractivity contribution in [1.82, 2.24) is 0 Å². The molecule has 1 aromatic carbocycles. The summed E-state index contributed by atoms with van der Waals surface area (Å²) >= 11 is 6.00. The maximum atomic E-state index is 12.2. The topological polar surface area (TPSA) is 53.3 Å². The van der Waals surface area contributed by atoms with E-state index in [0.717, 1.165) is 0 Å². The van der Waals surface area contributed by atoms with Gasteiger partial charge in [0.1, 0.15) is 6.07 Å². The molecule has 20 heavy (non-hydrogen) atoms. The monoisotopic (exact) mass is 294 g/mol. The molecule has 1 rings (SSSR count). The Bertz CT molecular complexity index is 509. The fraction of sp³-hybridized carbons (Fsp3) is 0.467. The molecule has 0 aliphatic heterocycles.